The van der Waals surface area contributed by atoms with Crippen molar-refractivity contribution in [2.24, 2.45) is 0 Å². The summed E-state index contributed by atoms with van der Waals surface area (Å²) in [6.07, 6.45) is 4.70. The lowest BCUT2D eigenvalue weighted by atomic mass is 9.76. The molecule has 8 nitrogen and oxygen atoms in total. The number of carbonyl (C=O) groups is 2. The largest absolute Gasteiger partial charge is 0.475 e. The first kappa shape index (κ1) is 20.0. The van der Waals surface area contributed by atoms with E-state index in [1.807, 2.05) is 24.3 Å². The maximum atomic E-state index is 12.3. The maximum absolute atomic E-state index is 12.3. The average molecular weight is 385 g/mol. The fourth-order valence-electron chi connectivity index (χ4n) is 3.54. The lowest BCUT2D eigenvalue weighted by Crippen LogP contribution is -2.53. The van der Waals surface area contributed by atoms with Crippen molar-refractivity contribution in [3.63, 3.8) is 0 Å². The Morgan fingerprint density at radius 1 is 1.39 bits per heavy atom. The van der Waals surface area contributed by atoms with Gasteiger partial charge in [0.2, 0.25) is 5.91 Å². The molecule has 0 saturated carbocycles. The Morgan fingerprint density at radius 2 is 2.18 bits per heavy atom. The van der Waals surface area contributed by atoms with E-state index in [4.69, 9.17) is 4.42 Å². The topological polar surface area (TPSA) is 115 Å². The number of nitrogens with one attached hydrogen (secondary N) is 2. The minimum absolute atomic E-state index is 0.0911. The van der Waals surface area contributed by atoms with Gasteiger partial charge in [-0.25, -0.2) is 4.79 Å². The minimum Gasteiger partial charge on any atom is -0.464 e. The first-order valence-corrected chi connectivity index (χ1v) is 9.28. The predicted molar refractivity (Wildman–Crippen MR) is 105 cm³/mol. The first-order chi connectivity index (χ1) is 13.5. The Bertz CT molecular complexity index is 853. The van der Waals surface area contributed by atoms with Crippen LogP contribution in [-0.4, -0.2) is 59.1 Å². The smallest absolute Gasteiger partial charge is 0.464 e. The number of furan rings is 1. The second-order valence-electron chi connectivity index (χ2n) is 6.87. The summed E-state index contributed by atoms with van der Waals surface area (Å²) < 4.78 is 5.46. The van der Waals surface area contributed by atoms with Crippen molar-refractivity contribution in [2.45, 2.75) is 31.2 Å². The van der Waals surface area contributed by atoms with Crippen LogP contribution in [0.15, 0.2) is 47.6 Å². The van der Waals surface area contributed by atoms with Crippen molar-refractivity contribution in [1.82, 2.24) is 15.5 Å². The van der Waals surface area contributed by atoms with Crippen molar-refractivity contribution < 1.29 is 24.1 Å². The highest BCUT2D eigenvalue weighted by Gasteiger charge is 2.29. The molecule has 0 spiro atoms. The molecule has 1 saturated heterocycles. The molecule has 1 aromatic heterocycles. The zero-order valence-electron chi connectivity index (χ0n) is 15.5. The fraction of sp³-hybridized carbons (Fsp3) is 0.368. The summed E-state index contributed by atoms with van der Waals surface area (Å²) in [5.41, 5.74) is 1.47. The van der Waals surface area contributed by atoms with E-state index in [-0.39, 0.29) is 24.9 Å². The Hall–Kier alpha value is -2.78. The molecule has 148 valence electrons. The zero-order valence-corrected chi connectivity index (χ0v) is 15.5. The van der Waals surface area contributed by atoms with E-state index in [1.165, 1.54) is 6.08 Å². The average Bonchev–Trinajstić information content (AvgIpc) is 3.32. The number of urea groups is 1. The molecular formula is C19H24BN3O5. The maximum Gasteiger partial charge on any atom is 0.475 e. The molecule has 0 radical (unpaired) electrons. The first-order valence-electron chi connectivity index (χ1n) is 9.28. The molecule has 3 rings (SSSR count). The molecule has 1 unspecified atom stereocenters. The summed E-state index contributed by atoms with van der Waals surface area (Å²) >= 11 is 0. The number of hydrogen-bond donors (Lipinski definition) is 4. The summed E-state index contributed by atoms with van der Waals surface area (Å²) in [5.74, 6) is -1.06. The lowest BCUT2D eigenvalue weighted by molar-refractivity contribution is -0.126. The fourth-order valence-corrected chi connectivity index (χ4v) is 3.54. The second-order valence-corrected chi connectivity index (χ2v) is 6.87. The number of rotatable bonds is 7. The van der Waals surface area contributed by atoms with Gasteiger partial charge in [-0.1, -0.05) is 24.8 Å². The van der Waals surface area contributed by atoms with Gasteiger partial charge >= 0.3 is 13.1 Å². The van der Waals surface area contributed by atoms with E-state index < -0.39 is 19.1 Å². The van der Waals surface area contributed by atoms with E-state index in [0.717, 1.165) is 23.8 Å². The molecule has 9 heteroatoms. The van der Waals surface area contributed by atoms with Crippen LogP contribution in [0, 0.1) is 0 Å². The molecule has 4 N–H and O–H groups in total. The van der Waals surface area contributed by atoms with Crippen LogP contribution in [0.4, 0.5) is 4.79 Å². The third-order valence-electron chi connectivity index (χ3n) is 5.01. The molecule has 1 aliphatic heterocycles. The predicted octanol–water partition coefficient (Wildman–Crippen LogP) is 0.832. The van der Waals surface area contributed by atoms with E-state index in [1.54, 1.807) is 11.2 Å². The summed E-state index contributed by atoms with van der Waals surface area (Å²) in [7, 11) is -1.73. The number of fused-ring (bicyclic) bond motifs is 1. The summed E-state index contributed by atoms with van der Waals surface area (Å²) in [4.78, 5) is 25.8. The minimum atomic E-state index is -1.73. The van der Waals surface area contributed by atoms with Gasteiger partial charge in [0, 0.05) is 24.5 Å². The molecule has 2 atom stereocenters. The van der Waals surface area contributed by atoms with Crippen LogP contribution >= 0.6 is 0 Å². The number of carbonyl (C=O) groups excluding carboxylic acids is 2. The monoisotopic (exact) mass is 385 g/mol. The standard InChI is InChI=1S/C19H24BN3O5/c1-2-18(24)23-9-5-6-14(23)11-21-19(25)22-17(20(26)27)10-13-12-28-16-8-4-3-7-15(13)16/h2-4,7-8,12,14,17,26-27H,1,5-6,9-11H2,(H2,21,22,25)/t14?,17-/m0/s1. The van der Waals surface area contributed by atoms with Gasteiger partial charge in [-0.3, -0.25) is 4.79 Å². The van der Waals surface area contributed by atoms with Gasteiger partial charge in [0.15, 0.2) is 0 Å². The van der Waals surface area contributed by atoms with Crippen molar-refractivity contribution >= 4 is 30.0 Å². The Labute approximate surface area is 163 Å². The Balaban J connectivity index is 1.57. The second kappa shape index (κ2) is 8.94. The van der Waals surface area contributed by atoms with Gasteiger partial charge in [0.05, 0.1) is 12.2 Å². The van der Waals surface area contributed by atoms with Crippen LogP contribution in [0.2, 0.25) is 0 Å². The number of nitrogens with zero attached hydrogens (tertiary/aromatic N) is 1. The molecular weight excluding hydrogens is 361 g/mol. The van der Waals surface area contributed by atoms with Gasteiger partial charge in [0.25, 0.3) is 0 Å². The van der Waals surface area contributed by atoms with Crippen molar-refractivity contribution in [3.05, 3.63) is 48.7 Å². The van der Waals surface area contributed by atoms with Gasteiger partial charge in [-0.15, -0.1) is 0 Å². The molecule has 1 fully saturated rings. The number of benzene rings is 1. The molecule has 28 heavy (non-hydrogen) atoms. The number of amides is 3. The Kier molecular flexibility index (Phi) is 6.38. The van der Waals surface area contributed by atoms with Crippen LogP contribution < -0.4 is 10.6 Å². The quantitative estimate of drug-likeness (QED) is 0.416. The number of para-hydroxylation sites is 1. The zero-order chi connectivity index (χ0) is 20.1. The van der Waals surface area contributed by atoms with E-state index >= 15 is 0 Å². The van der Waals surface area contributed by atoms with Crippen LogP contribution in [0.3, 0.4) is 0 Å². The van der Waals surface area contributed by atoms with Crippen molar-refractivity contribution in [1.29, 1.82) is 0 Å². The molecule has 3 amide bonds. The van der Waals surface area contributed by atoms with E-state index in [0.29, 0.717) is 12.1 Å². The summed E-state index contributed by atoms with van der Waals surface area (Å²) in [6.45, 7) is 4.43. The molecule has 0 aliphatic carbocycles. The van der Waals surface area contributed by atoms with Crippen molar-refractivity contribution in [3.8, 4) is 0 Å². The summed E-state index contributed by atoms with van der Waals surface area (Å²) in [6, 6.07) is 6.80. The molecule has 2 aromatic rings. The van der Waals surface area contributed by atoms with Crippen LogP contribution in [0.25, 0.3) is 11.0 Å². The Morgan fingerprint density at radius 3 is 2.93 bits per heavy atom. The third-order valence-corrected chi connectivity index (χ3v) is 5.01. The SMILES string of the molecule is C=CC(=O)N1CCCC1CNC(=O)N[C@@H](Cc1coc2ccccc12)B(O)O. The highest BCUT2D eigenvalue weighted by Crippen LogP contribution is 2.22. The van der Waals surface area contributed by atoms with Crippen molar-refractivity contribution in [2.75, 3.05) is 13.1 Å². The highest BCUT2D eigenvalue weighted by molar-refractivity contribution is 6.43. The number of likely N-dealkylation sites (tertiary alicyclic amines) is 1. The molecule has 0 bridgehead atoms. The highest BCUT2D eigenvalue weighted by atomic mass is 16.4. The van der Waals surface area contributed by atoms with Gasteiger partial charge in [-0.2, -0.15) is 0 Å². The van der Waals surface area contributed by atoms with Crippen LogP contribution in [0.1, 0.15) is 18.4 Å². The van der Waals surface area contributed by atoms with E-state index in [9.17, 15) is 19.6 Å². The lowest BCUT2D eigenvalue weighted by Gasteiger charge is -2.24. The number of hydrogen-bond acceptors (Lipinski definition) is 5. The van der Waals surface area contributed by atoms with Gasteiger partial charge in [-0.05, 0) is 37.0 Å². The normalized spacial score (nSPS) is 17.4. The molecule has 2 heterocycles. The summed E-state index contributed by atoms with van der Waals surface area (Å²) in [5, 5.41) is 25.5. The molecule has 1 aromatic carbocycles. The van der Waals surface area contributed by atoms with Crippen LogP contribution in [-0.2, 0) is 11.2 Å². The van der Waals surface area contributed by atoms with Crippen LogP contribution in [0.5, 0.6) is 0 Å². The van der Waals surface area contributed by atoms with E-state index in [2.05, 4.69) is 17.2 Å². The molecule has 1 aliphatic rings. The van der Waals surface area contributed by atoms with Gasteiger partial charge in [0.1, 0.15) is 5.58 Å². The van der Waals surface area contributed by atoms with Gasteiger partial charge < -0.3 is 30.0 Å². The third kappa shape index (κ3) is 4.55.